The Morgan fingerprint density at radius 3 is 1.90 bits per heavy atom. The van der Waals surface area contributed by atoms with Gasteiger partial charge in [-0.15, -0.1) is 0 Å². The van der Waals surface area contributed by atoms with Crippen LogP contribution < -0.4 is 0 Å². The second-order valence-electron chi connectivity index (χ2n) is 10.1. The molecule has 0 saturated carbocycles. The van der Waals surface area contributed by atoms with Crippen molar-refractivity contribution >= 4 is 34.4 Å². The lowest BCUT2D eigenvalue weighted by Crippen LogP contribution is -2.42. The van der Waals surface area contributed by atoms with Gasteiger partial charge in [0.2, 0.25) is 0 Å². The summed E-state index contributed by atoms with van der Waals surface area (Å²) in [7, 11) is 0. The molecule has 0 N–H and O–H groups in total. The Bertz CT molecular complexity index is 1070. The van der Waals surface area contributed by atoms with E-state index >= 15 is 0 Å². The summed E-state index contributed by atoms with van der Waals surface area (Å²) in [4.78, 5) is 0. The number of benzene rings is 3. The van der Waals surface area contributed by atoms with E-state index < -0.39 is 5.79 Å². The van der Waals surface area contributed by atoms with Crippen molar-refractivity contribution in [2.24, 2.45) is 0 Å². The molecule has 7 heteroatoms. The molecule has 0 spiro atoms. The van der Waals surface area contributed by atoms with Gasteiger partial charge < -0.3 is 23.7 Å². The van der Waals surface area contributed by atoms with Gasteiger partial charge in [-0.05, 0) is 30.5 Å². The molecule has 0 aromatic heterocycles. The van der Waals surface area contributed by atoms with Crippen LogP contribution in [0.2, 0.25) is 0 Å². The van der Waals surface area contributed by atoms with Crippen LogP contribution in [-0.4, -0.2) is 52.7 Å². The van der Waals surface area contributed by atoms with E-state index in [0.29, 0.717) is 33.0 Å². The fourth-order valence-electron chi connectivity index (χ4n) is 4.35. The zero-order chi connectivity index (χ0) is 27.3. The summed E-state index contributed by atoms with van der Waals surface area (Å²) in [5.74, 6) is 1.11. The van der Waals surface area contributed by atoms with Crippen LogP contribution >= 0.6 is 34.4 Å². The van der Waals surface area contributed by atoms with E-state index in [4.69, 9.17) is 23.7 Å². The highest BCUT2D eigenvalue weighted by Crippen LogP contribution is 2.27. The summed E-state index contributed by atoms with van der Waals surface area (Å²) in [5, 5.41) is 0. The van der Waals surface area contributed by atoms with E-state index in [0.717, 1.165) is 28.2 Å². The third-order valence-electron chi connectivity index (χ3n) is 6.36. The van der Waals surface area contributed by atoms with Crippen molar-refractivity contribution in [1.82, 2.24) is 0 Å². The van der Waals surface area contributed by atoms with Crippen molar-refractivity contribution in [3.05, 3.63) is 108 Å². The molecule has 1 saturated heterocycles. The molecule has 0 radical (unpaired) electrons. The third-order valence-corrected chi connectivity index (χ3v) is 8.60. The predicted molar refractivity (Wildman–Crippen MR) is 166 cm³/mol. The lowest BCUT2D eigenvalue weighted by atomic mass is 10.1. The molecule has 3 aromatic rings. The molecule has 4 atom stereocenters. The van der Waals surface area contributed by atoms with Crippen molar-refractivity contribution < 1.29 is 23.7 Å². The minimum Gasteiger partial charge on any atom is -0.376 e. The highest BCUT2D eigenvalue weighted by Gasteiger charge is 2.34. The first-order valence-corrected chi connectivity index (χ1v) is 15.8. The van der Waals surface area contributed by atoms with Crippen LogP contribution in [0.4, 0.5) is 0 Å². The fraction of sp³-hybridized carbons (Fsp3) is 0.438. The van der Waals surface area contributed by atoms with Crippen molar-refractivity contribution in [2.75, 3.05) is 24.7 Å². The van der Waals surface area contributed by atoms with E-state index in [1.54, 1.807) is 0 Å². The molecule has 1 heterocycles. The number of thioether (sulfide) groups is 1. The summed E-state index contributed by atoms with van der Waals surface area (Å²) < 4.78 is 31.2. The first-order valence-electron chi connectivity index (χ1n) is 13.4. The standard InChI is InChI=1S/C32H39IO5S/c1-32(2)37-21-28(38-32)23-39-24-30(35-19-26-14-8-4-9-15-26)31(36-20-27-16-10-5-11-17-27)29(33)22-34-18-25-12-6-3-7-13-25/h3-17,28-31H,18-24H2,1-2H3/t28-,29-,30+,31+/m0/s1. The molecular weight excluding hydrogens is 623 g/mol. The Balaban J connectivity index is 1.43. The van der Waals surface area contributed by atoms with E-state index in [1.807, 2.05) is 80.2 Å². The van der Waals surface area contributed by atoms with E-state index in [9.17, 15) is 0 Å². The number of ether oxygens (including phenoxy) is 5. The van der Waals surface area contributed by atoms with Gasteiger partial charge in [0.1, 0.15) is 0 Å². The number of alkyl halides is 1. The largest absolute Gasteiger partial charge is 0.376 e. The SMILES string of the molecule is CC1(C)OC[C@@H](CSC[C@@H](OCc2ccccc2)[C@H](OCc2ccccc2)[C@@H](I)COCc2ccccc2)O1. The average molecular weight is 663 g/mol. The van der Waals surface area contributed by atoms with Gasteiger partial charge in [0.15, 0.2) is 5.79 Å². The van der Waals surface area contributed by atoms with Gasteiger partial charge in [0.05, 0.1) is 55.3 Å². The molecule has 39 heavy (non-hydrogen) atoms. The summed E-state index contributed by atoms with van der Waals surface area (Å²) in [5.41, 5.74) is 3.45. The molecule has 4 rings (SSSR count). The monoisotopic (exact) mass is 662 g/mol. The third kappa shape index (κ3) is 10.8. The minimum absolute atomic E-state index is 0.0769. The second kappa shape index (κ2) is 16.1. The zero-order valence-electron chi connectivity index (χ0n) is 22.7. The van der Waals surface area contributed by atoms with Crippen molar-refractivity contribution in [2.45, 2.75) is 61.7 Å². The van der Waals surface area contributed by atoms with Crippen molar-refractivity contribution in [3.63, 3.8) is 0 Å². The molecule has 0 bridgehead atoms. The van der Waals surface area contributed by atoms with Gasteiger partial charge in [0.25, 0.3) is 0 Å². The van der Waals surface area contributed by atoms with Crippen molar-refractivity contribution in [3.8, 4) is 0 Å². The highest BCUT2D eigenvalue weighted by molar-refractivity contribution is 14.1. The maximum atomic E-state index is 6.62. The van der Waals surface area contributed by atoms with Crippen LogP contribution in [0.15, 0.2) is 91.0 Å². The smallest absolute Gasteiger partial charge is 0.163 e. The summed E-state index contributed by atoms with van der Waals surface area (Å²) in [6, 6.07) is 30.9. The molecule has 0 amide bonds. The number of hydrogen-bond acceptors (Lipinski definition) is 6. The maximum Gasteiger partial charge on any atom is 0.163 e. The minimum atomic E-state index is -0.515. The molecule has 0 unspecified atom stereocenters. The Morgan fingerprint density at radius 2 is 1.36 bits per heavy atom. The molecule has 1 fully saturated rings. The van der Waals surface area contributed by atoms with E-state index in [2.05, 4.69) is 59.0 Å². The van der Waals surface area contributed by atoms with E-state index in [1.165, 1.54) is 0 Å². The van der Waals surface area contributed by atoms with Gasteiger partial charge in [-0.25, -0.2) is 0 Å². The van der Waals surface area contributed by atoms with Crippen molar-refractivity contribution in [1.29, 1.82) is 0 Å². The topological polar surface area (TPSA) is 46.2 Å². The fourth-order valence-corrected chi connectivity index (χ4v) is 6.35. The summed E-state index contributed by atoms with van der Waals surface area (Å²) >= 11 is 4.30. The first-order chi connectivity index (χ1) is 19.0. The molecule has 1 aliphatic rings. The zero-order valence-corrected chi connectivity index (χ0v) is 25.7. The number of halogens is 1. The van der Waals surface area contributed by atoms with Gasteiger partial charge in [0, 0.05) is 11.5 Å². The summed E-state index contributed by atoms with van der Waals surface area (Å²) in [6.07, 6.45) is -0.209. The van der Waals surface area contributed by atoms with Gasteiger partial charge in [-0.1, -0.05) is 114 Å². The summed E-state index contributed by atoms with van der Waals surface area (Å²) in [6.45, 7) is 6.74. The lowest BCUT2D eigenvalue weighted by Gasteiger charge is -2.31. The van der Waals surface area contributed by atoms with E-state index in [-0.39, 0.29) is 22.2 Å². The molecule has 0 aliphatic carbocycles. The number of hydrogen-bond donors (Lipinski definition) is 0. The van der Waals surface area contributed by atoms with Gasteiger partial charge in [-0.2, -0.15) is 11.8 Å². The Labute approximate surface area is 251 Å². The van der Waals surface area contributed by atoms with Crippen LogP contribution in [0.1, 0.15) is 30.5 Å². The van der Waals surface area contributed by atoms with Crippen LogP contribution in [0.25, 0.3) is 0 Å². The lowest BCUT2D eigenvalue weighted by molar-refractivity contribution is -0.135. The van der Waals surface area contributed by atoms with Crippen LogP contribution in [-0.2, 0) is 43.5 Å². The van der Waals surface area contributed by atoms with Crippen LogP contribution in [0, 0.1) is 0 Å². The quantitative estimate of drug-likeness (QED) is 0.121. The normalized spacial score (nSPS) is 19.0. The van der Waals surface area contributed by atoms with Gasteiger partial charge in [-0.3, -0.25) is 0 Å². The Kier molecular flexibility index (Phi) is 12.6. The molecule has 3 aromatic carbocycles. The maximum absolute atomic E-state index is 6.62. The Morgan fingerprint density at radius 1 is 0.821 bits per heavy atom. The van der Waals surface area contributed by atoms with Gasteiger partial charge >= 0.3 is 0 Å². The predicted octanol–water partition coefficient (Wildman–Crippen LogP) is 7.06. The number of rotatable bonds is 16. The molecule has 1 aliphatic heterocycles. The molecule has 210 valence electrons. The van der Waals surface area contributed by atoms with Crippen LogP contribution in [0.5, 0.6) is 0 Å². The Hall–Kier alpha value is -1.46. The van der Waals surface area contributed by atoms with Crippen LogP contribution in [0.3, 0.4) is 0 Å². The molecule has 5 nitrogen and oxygen atoms in total. The second-order valence-corrected chi connectivity index (χ2v) is 12.8. The highest BCUT2D eigenvalue weighted by atomic mass is 127. The average Bonchev–Trinajstić information content (AvgIpc) is 3.31. The first kappa shape index (κ1) is 30.5. The molecular formula is C32H39IO5S.